The monoisotopic (exact) mass is 381 g/mol. The highest BCUT2D eigenvalue weighted by Gasteiger charge is 2.07. The fraction of sp³-hybridized carbons (Fsp3) is 0.478. The molecule has 1 aliphatic carbocycles. The van der Waals surface area contributed by atoms with Crippen LogP contribution in [-0.2, 0) is 19.4 Å². The number of pyridine rings is 1. The second kappa shape index (κ2) is 13.0. The summed E-state index contributed by atoms with van der Waals surface area (Å²) in [5.41, 5.74) is 10.3. The number of imidazole rings is 1. The van der Waals surface area contributed by atoms with E-state index in [9.17, 15) is 0 Å². The predicted octanol–water partition coefficient (Wildman–Crippen LogP) is 4.38. The fourth-order valence-corrected chi connectivity index (χ4v) is 3.22. The van der Waals surface area contributed by atoms with Crippen LogP contribution in [0.4, 0.5) is 0 Å². The van der Waals surface area contributed by atoms with Gasteiger partial charge >= 0.3 is 0 Å². The summed E-state index contributed by atoms with van der Waals surface area (Å²) in [6.45, 7) is 6.56. The molecular formula is C23H35N5. The summed E-state index contributed by atoms with van der Waals surface area (Å²) >= 11 is 0. The zero-order chi connectivity index (χ0) is 20.0. The van der Waals surface area contributed by atoms with Gasteiger partial charge in [-0.15, -0.1) is 0 Å². The molecule has 0 radical (unpaired) electrons. The van der Waals surface area contributed by atoms with Gasteiger partial charge in [-0.05, 0) is 75.4 Å². The van der Waals surface area contributed by atoms with Gasteiger partial charge in [-0.1, -0.05) is 32.0 Å². The van der Waals surface area contributed by atoms with Crippen molar-refractivity contribution < 1.29 is 0 Å². The normalized spacial score (nSPS) is 12.4. The Morgan fingerprint density at radius 3 is 2.64 bits per heavy atom. The Balaban J connectivity index is 0.000000200. The van der Waals surface area contributed by atoms with Gasteiger partial charge < -0.3 is 16.0 Å². The summed E-state index contributed by atoms with van der Waals surface area (Å²) in [5.74, 6) is 0.994. The topological polar surface area (TPSA) is 79.6 Å². The molecule has 4 N–H and O–H groups in total. The number of aromatic nitrogens is 3. The van der Waals surface area contributed by atoms with Crippen LogP contribution in [0.15, 0.2) is 42.6 Å². The molecule has 5 nitrogen and oxygen atoms in total. The second-order valence-corrected chi connectivity index (χ2v) is 6.69. The number of hydrogen-bond donors (Lipinski definition) is 3. The van der Waals surface area contributed by atoms with Crippen molar-refractivity contribution in [1.82, 2.24) is 20.3 Å². The second-order valence-electron chi connectivity index (χ2n) is 6.69. The Kier molecular flexibility index (Phi) is 10.3. The molecule has 5 heteroatoms. The summed E-state index contributed by atoms with van der Waals surface area (Å²) in [4.78, 5) is 12.1. The van der Waals surface area contributed by atoms with Gasteiger partial charge in [0.25, 0.3) is 0 Å². The molecule has 4 rings (SSSR count). The Morgan fingerprint density at radius 1 is 1.04 bits per heavy atom. The molecule has 0 unspecified atom stereocenters. The molecule has 1 aliphatic rings. The van der Waals surface area contributed by atoms with Crippen LogP contribution >= 0.6 is 0 Å². The van der Waals surface area contributed by atoms with E-state index < -0.39 is 0 Å². The van der Waals surface area contributed by atoms with E-state index in [1.54, 1.807) is 0 Å². The molecule has 0 bridgehead atoms. The van der Waals surface area contributed by atoms with Gasteiger partial charge in [0.05, 0.1) is 17.6 Å². The van der Waals surface area contributed by atoms with Crippen LogP contribution in [0.2, 0.25) is 0 Å². The van der Waals surface area contributed by atoms with E-state index in [0.29, 0.717) is 0 Å². The van der Waals surface area contributed by atoms with E-state index in [1.165, 1.54) is 36.9 Å². The fourth-order valence-electron chi connectivity index (χ4n) is 3.22. The number of benzene rings is 1. The Bertz CT molecular complexity index is 738. The van der Waals surface area contributed by atoms with Crippen LogP contribution in [0.3, 0.4) is 0 Å². The van der Waals surface area contributed by atoms with Crippen LogP contribution in [-0.4, -0.2) is 28.0 Å². The summed E-state index contributed by atoms with van der Waals surface area (Å²) < 4.78 is 0. The quantitative estimate of drug-likeness (QED) is 0.554. The maximum atomic E-state index is 5.43. The molecular weight excluding hydrogens is 346 g/mol. The number of unbranched alkanes of at least 4 members (excludes halogenated alkanes) is 1. The van der Waals surface area contributed by atoms with Gasteiger partial charge in [-0.2, -0.15) is 0 Å². The summed E-state index contributed by atoms with van der Waals surface area (Å²) in [7, 11) is 0. The standard InChI is InChI=1S/C12H18N4.C9H11N.C2H6/c13-7-3-4-8-14-9-12-15-10-5-1-2-6-11(10)16-12;1-2-6-9-8(4-1)5-3-7-10-9;1-2/h1-2,5-6,14H,3-4,7-9,13H2,(H,15,16);3,5,7H,1-2,4,6H2;1-2H3. The number of rotatable bonds is 6. The number of hydrogen-bond acceptors (Lipinski definition) is 4. The minimum atomic E-state index is 0.770. The minimum absolute atomic E-state index is 0.770. The van der Waals surface area contributed by atoms with Crippen LogP contribution in [0.1, 0.15) is 56.6 Å². The third kappa shape index (κ3) is 7.06. The average molecular weight is 382 g/mol. The van der Waals surface area contributed by atoms with Crippen molar-refractivity contribution in [1.29, 1.82) is 0 Å². The van der Waals surface area contributed by atoms with E-state index in [-0.39, 0.29) is 0 Å². The molecule has 0 saturated carbocycles. The van der Waals surface area contributed by atoms with Gasteiger partial charge in [0.1, 0.15) is 5.82 Å². The van der Waals surface area contributed by atoms with Gasteiger partial charge in [0, 0.05) is 11.9 Å². The average Bonchev–Trinajstić information content (AvgIpc) is 3.18. The molecule has 152 valence electrons. The van der Waals surface area contributed by atoms with E-state index in [1.807, 2.05) is 50.4 Å². The molecule has 28 heavy (non-hydrogen) atoms. The summed E-state index contributed by atoms with van der Waals surface area (Å²) in [6, 6.07) is 12.3. The smallest absolute Gasteiger partial charge is 0.121 e. The Morgan fingerprint density at radius 2 is 1.86 bits per heavy atom. The number of para-hydroxylation sites is 2. The minimum Gasteiger partial charge on any atom is -0.341 e. The first-order chi connectivity index (χ1) is 13.9. The number of aromatic amines is 1. The molecule has 0 spiro atoms. The third-order valence-corrected chi connectivity index (χ3v) is 4.63. The van der Waals surface area contributed by atoms with E-state index in [2.05, 4.69) is 26.3 Å². The molecule has 1 aromatic carbocycles. The first kappa shape index (κ1) is 22.1. The number of H-pyrrole nitrogens is 1. The van der Waals surface area contributed by atoms with Gasteiger partial charge in [-0.25, -0.2) is 4.98 Å². The number of nitrogens with one attached hydrogen (secondary N) is 2. The van der Waals surface area contributed by atoms with Crippen molar-refractivity contribution in [2.75, 3.05) is 13.1 Å². The highest BCUT2D eigenvalue weighted by molar-refractivity contribution is 5.74. The largest absolute Gasteiger partial charge is 0.341 e. The van der Waals surface area contributed by atoms with Crippen LogP contribution in [0.25, 0.3) is 11.0 Å². The molecule has 0 amide bonds. The van der Waals surface area contributed by atoms with Crippen molar-refractivity contribution in [3.8, 4) is 0 Å². The molecule has 3 aromatic rings. The summed E-state index contributed by atoms with van der Waals surface area (Å²) in [6.07, 6.45) is 9.19. The van der Waals surface area contributed by atoms with Crippen molar-refractivity contribution >= 4 is 11.0 Å². The van der Waals surface area contributed by atoms with Crippen LogP contribution < -0.4 is 11.1 Å². The van der Waals surface area contributed by atoms with Gasteiger partial charge in [0.15, 0.2) is 0 Å². The third-order valence-electron chi connectivity index (χ3n) is 4.63. The molecule has 0 saturated heterocycles. The van der Waals surface area contributed by atoms with Crippen molar-refractivity contribution in [3.63, 3.8) is 0 Å². The van der Waals surface area contributed by atoms with E-state index >= 15 is 0 Å². The lowest BCUT2D eigenvalue weighted by Crippen LogP contribution is -2.16. The Hall–Kier alpha value is -2.24. The van der Waals surface area contributed by atoms with Crippen molar-refractivity contribution in [2.24, 2.45) is 5.73 Å². The number of aryl methyl sites for hydroxylation is 2. The Labute approximate surface area is 169 Å². The van der Waals surface area contributed by atoms with Gasteiger partial charge in [-0.3, -0.25) is 4.98 Å². The number of fused-ring (bicyclic) bond motifs is 2. The van der Waals surface area contributed by atoms with E-state index in [4.69, 9.17) is 5.73 Å². The molecule has 0 fully saturated rings. The van der Waals surface area contributed by atoms with Crippen LogP contribution in [0.5, 0.6) is 0 Å². The molecule has 2 heterocycles. The van der Waals surface area contributed by atoms with Crippen molar-refractivity contribution in [2.45, 2.75) is 58.9 Å². The molecule has 2 aromatic heterocycles. The first-order valence-electron chi connectivity index (χ1n) is 10.6. The molecule has 0 aliphatic heterocycles. The van der Waals surface area contributed by atoms with E-state index in [0.717, 1.165) is 49.3 Å². The zero-order valence-electron chi connectivity index (χ0n) is 17.4. The predicted molar refractivity (Wildman–Crippen MR) is 118 cm³/mol. The molecule has 0 atom stereocenters. The first-order valence-corrected chi connectivity index (χ1v) is 10.6. The van der Waals surface area contributed by atoms with Crippen molar-refractivity contribution in [3.05, 3.63) is 59.7 Å². The highest BCUT2D eigenvalue weighted by Crippen LogP contribution is 2.17. The van der Waals surface area contributed by atoms with Crippen LogP contribution in [0, 0.1) is 0 Å². The highest BCUT2D eigenvalue weighted by atomic mass is 15.0. The number of nitrogens with two attached hydrogens (primary N) is 1. The lowest BCUT2D eigenvalue weighted by molar-refractivity contribution is 0.615. The zero-order valence-corrected chi connectivity index (χ0v) is 17.4. The lowest BCUT2D eigenvalue weighted by Gasteiger charge is -2.12. The SMILES string of the molecule is CC.NCCCCNCc1nc2ccccc2[nH]1.c1cnc2c(c1)CCCC2. The van der Waals surface area contributed by atoms with Gasteiger partial charge in [0.2, 0.25) is 0 Å². The maximum absolute atomic E-state index is 5.43. The summed E-state index contributed by atoms with van der Waals surface area (Å²) in [5, 5.41) is 3.35. The lowest BCUT2D eigenvalue weighted by atomic mass is 9.96. The maximum Gasteiger partial charge on any atom is 0.121 e. The number of nitrogens with zero attached hydrogens (tertiary/aromatic N) is 2.